The molecule has 1 aromatic heterocycles. The molecule has 1 aromatic carbocycles. The van der Waals surface area contributed by atoms with E-state index in [-0.39, 0.29) is 17.2 Å². The van der Waals surface area contributed by atoms with Crippen LogP contribution in [0, 0.1) is 0 Å². The molecule has 0 fully saturated rings. The number of hydrogen-bond donors (Lipinski definition) is 1. The third kappa shape index (κ3) is 4.96. The largest absolute Gasteiger partial charge is 0.448 e. The molecule has 0 aliphatic heterocycles. The Kier molecular flexibility index (Phi) is 5.72. The number of anilines is 1. The number of hydrogen-bond acceptors (Lipinski definition) is 4. The molecule has 0 spiro atoms. The molecular formula is C18H17F3N2O4. The zero-order chi connectivity index (χ0) is 20.4. The van der Waals surface area contributed by atoms with Gasteiger partial charge in [-0.15, -0.1) is 0 Å². The predicted octanol–water partition coefficient (Wildman–Crippen LogP) is 3.43. The molecule has 0 radical (unpaired) electrons. The number of aromatic nitrogens is 1. The summed E-state index contributed by atoms with van der Waals surface area (Å²) in [5.74, 6) is -1.86. The molecule has 0 aliphatic carbocycles. The van der Waals surface area contributed by atoms with Crippen molar-refractivity contribution < 1.29 is 32.3 Å². The second kappa shape index (κ2) is 7.65. The maximum Gasteiger partial charge on any atom is 0.416 e. The summed E-state index contributed by atoms with van der Waals surface area (Å²) in [6.07, 6.45) is -4.35. The molecule has 1 heterocycles. The van der Waals surface area contributed by atoms with Crippen LogP contribution in [0.4, 0.5) is 18.9 Å². The number of rotatable bonds is 5. The number of amides is 1. The van der Waals surface area contributed by atoms with Crippen LogP contribution in [0.3, 0.4) is 0 Å². The normalized spacial score (nSPS) is 12.4. The van der Waals surface area contributed by atoms with Crippen LogP contribution in [0.25, 0.3) is 0 Å². The van der Waals surface area contributed by atoms with Crippen molar-refractivity contribution in [3.63, 3.8) is 0 Å². The van der Waals surface area contributed by atoms with Gasteiger partial charge in [-0.05, 0) is 38.1 Å². The highest BCUT2D eigenvalue weighted by Crippen LogP contribution is 2.30. The van der Waals surface area contributed by atoms with Crippen molar-refractivity contribution in [3.05, 3.63) is 53.3 Å². The number of carbonyl (C=O) groups is 3. The standard InChI is InChI=1S/C18H17F3N2O4/c1-10(24)12-7-15(23(3)9-12)17(26)27-11(2)16(25)22-14-6-4-5-13(8-14)18(19,20)21/h4-9,11H,1-3H3,(H,22,25)/t11-/m1/s1. The van der Waals surface area contributed by atoms with E-state index in [9.17, 15) is 27.6 Å². The number of ketones is 1. The van der Waals surface area contributed by atoms with E-state index in [0.29, 0.717) is 5.56 Å². The number of carbonyl (C=O) groups excluding carboxylic acids is 3. The van der Waals surface area contributed by atoms with Crippen LogP contribution in [0.15, 0.2) is 36.5 Å². The van der Waals surface area contributed by atoms with E-state index in [2.05, 4.69) is 5.32 Å². The molecule has 6 nitrogen and oxygen atoms in total. The van der Waals surface area contributed by atoms with E-state index in [1.807, 2.05) is 0 Å². The SMILES string of the molecule is CC(=O)c1cc(C(=O)O[C@H](C)C(=O)Nc2cccc(C(F)(F)F)c2)n(C)c1. The lowest BCUT2D eigenvalue weighted by molar-refractivity contribution is -0.137. The molecule has 1 amide bonds. The van der Waals surface area contributed by atoms with Crippen molar-refractivity contribution in [2.24, 2.45) is 7.05 Å². The number of Topliss-reactive ketones (excluding diaryl/α,β-unsaturated/α-hetero) is 1. The lowest BCUT2D eigenvalue weighted by Gasteiger charge is -2.14. The molecule has 0 unspecified atom stereocenters. The number of benzene rings is 1. The molecule has 9 heteroatoms. The first-order chi connectivity index (χ1) is 12.5. The topological polar surface area (TPSA) is 77.4 Å². The van der Waals surface area contributed by atoms with E-state index >= 15 is 0 Å². The fourth-order valence-electron chi connectivity index (χ4n) is 2.25. The average Bonchev–Trinajstić information content (AvgIpc) is 2.96. The highest BCUT2D eigenvalue weighted by Gasteiger charge is 2.30. The minimum Gasteiger partial charge on any atom is -0.448 e. The van der Waals surface area contributed by atoms with E-state index < -0.39 is 29.7 Å². The summed E-state index contributed by atoms with van der Waals surface area (Å²) >= 11 is 0. The van der Waals surface area contributed by atoms with Gasteiger partial charge in [0.25, 0.3) is 5.91 Å². The Balaban J connectivity index is 2.06. The number of nitrogens with one attached hydrogen (secondary N) is 1. The Hall–Kier alpha value is -3.10. The van der Waals surface area contributed by atoms with E-state index in [1.165, 1.54) is 43.8 Å². The number of alkyl halides is 3. The first-order valence-corrected chi connectivity index (χ1v) is 7.85. The Morgan fingerprint density at radius 2 is 1.85 bits per heavy atom. The van der Waals surface area contributed by atoms with Gasteiger partial charge < -0.3 is 14.6 Å². The summed E-state index contributed by atoms with van der Waals surface area (Å²) in [4.78, 5) is 35.6. The molecule has 1 atom stereocenters. The molecule has 2 rings (SSSR count). The highest BCUT2D eigenvalue weighted by molar-refractivity contribution is 5.99. The second-order valence-corrected chi connectivity index (χ2v) is 5.90. The number of nitrogens with zero attached hydrogens (tertiary/aromatic N) is 1. The van der Waals surface area contributed by atoms with Crippen LogP contribution in [0.2, 0.25) is 0 Å². The number of esters is 1. The maximum absolute atomic E-state index is 12.7. The maximum atomic E-state index is 12.7. The molecule has 0 bridgehead atoms. The Morgan fingerprint density at radius 1 is 1.19 bits per heavy atom. The third-order valence-corrected chi connectivity index (χ3v) is 3.73. The monoisotopic (exact) mass is 382 g/mol. The fourth-order valence-corrected chi connectivity index (χ4v) is 2.25. The van der Waals surface area contributed by atoms with Crippen molar-refractivity contribution in [1.29, 1.82) is 0 Å². The van der Waals surface area contributed by atoms with Crippen LogP contribution in [-0.2, 0) is 22.8 Å². The summed E-state index contributed by atoms with van der Waals surface area (Å²) in [7, 11) is 1.54. The first kappa shape index (κ1) is 20.2. The van der Waals surface area contributed by atoms with Gasteiger partial charge in [0.05, 0.1) is 5.56 Å². The molecule has 0 saturated carbocycles. The van der Waals surface area contributed by atoms with Crippen LogP contribution >= 0.6 is 0 Å². The van der Waals surface area contributed by atoms with Gasteiger partial charge in [0.15, 0.2) is 11.9 Å². The number of aryl methyl sites for hydroxylation is 1. The Morgan fingerprint density at radius 3 is 2.41 bits per heavy atom. The van der Waals surface area contributed by atoms with E-state index in [1.54, 1.807) is 0 Å². The van der Waals surface area contributed by atoms with Crippen molar-refractivity contribution in [2.75, 3.05) is 5.32 Å². The van der Waals surface area contributed by atoms with E-state index in [0.717, 1.165) is 18.2 Å². The lowest BCUT2D eigenvalue weighted by atomic mass is 10.2. The van der Waals surface area contributed by atoms with Crippen LogP contribution in [-0.4, -0.2) is 28.3 Å². The van der Waals surface area contributed by atoms with Crippen molar-refractivity contribution in [2.45, 2.75) is 26.1 Å². The third-order valence-electron chi connectivity index (χ3n) is 3.73. The van der Waals surface area contributed by atoms with Gasteiger partial charge in [0.2, 0.25) is 0 Å². The molecule has 0 aliphatic rings. The van der Waals surface area contributed by atoms with Crippen molar-refractivity contribution in [3.8, 4) is 0 Å². The summed E-state index contributed by atoms with van der Waals surface area (Å²) in [6.45, 7) is 2.63. The Labute approximate surface area is 152 Å². The van der Waals surface area contributed by atoms with E-state index in [4.69, 9.17) is 4.74 Å². The molecule has 27 heavy (non-hydrogen) atoms. The Bertz CT molecular complexity index is 887. The number of halogens is 3. The molecule has 2 aromatic rings. The van der Waals surface area contributed by atoms with Gasteiger partial charge in [-0.1, -0.05) is 6.07 Å². The molecule has 0 saturated heterocycles. The molecule has 144 valence electrons. The average molecular weight is 382 g/mol. The van der Waals surface area contributed by atoms with Gasteiger partial charge in [-0.3, -0.25) is 9.59 Å². The van der Waals surface area contributed by atoms with Gasteiger partial charge in [-0.2, -0.15) is 13.2 Å². The van der Waals surface area contributed by atoms with Crippen LogP contribution in [0.1, 0.15) is 40.3 Å². The van der Waals surface area contributed by atoms with Gasteiger partial charge >= 0.3 is 12.1 Å². The molecular weight excluding hydrogens is 365 g/mol. The fraction of sp³-hybridized carbons (Fsp3) is 0.278. The minimum absolute atomic E-state index is 0.0684. The zero-order valence-electron chi connectivity index (χ0n) is 14.8. The summed E-state index contributed by atoms with van der Waals surface area (Å²) < 4.78 is 44.6. The quantitative estimate of drug-likeness (QED) is 0.635. The zero-order valence-corrected chi connectivity index (χ0v) is 14.8. The smallest absolute Gasteiger partial charge is 0.416 e. The van der Waals surface area contributed by atoms with Gasteiger partial charge in [0, 0.05) is 24.5 Å². The van der Waals surface area contributed by atoms with Crippen molar-refractivity contribution >= 4 is 23.3 Å². The second-order valence-electron chi connectivity index (χ2n) is 5.90. The van der Waals surface area contributed by atoms with Gasteiger partial charge in [0.1, 0.15) is 5.69 Å². The summed E-state index contributed by atoms with van der Waals surface area (Å²) in [5, 5.41) is 2.27. The summed E-state index contributed by atoms with van der Waals surface area (Å²) in [6, 6.07) is 5.44. The summed E-state index contributed by atoms with van der Waals surface area (Å²) in [5.41, 5.74) is -0.606. The van der Waals surface area contributed by atoms with Crippen LogP contribution in [0.5, 0.6) is 0 Å². The lowest BCUT2D eigenvalue weighted by Crippen LogP contribution is -2.30. The predicted molar refractivity (Wildman–Crippen MR) is 90.4 cm³/mol. The van der Waals surface area contributed by atoms with Gasteiger partial charge in [-0.25, -0.2) is 4.79 Å². The first-order valence-electron chi connectivity index (χ1n) is 7.85. The van der Waals surface area contributed by atoms with Crippen molar-refractivity contribution in [1.82, 2.24) is 4.57 Å². The number of ether oxygens (including phenoxy) is 1. The van der Waals surface area contributed by atoms with Crippen LogP contribution < -0.4 is 5.32 Å². The minimum atomic E-state index is -4.54. The highest BCUT2D eigenvalue weighted by atomic mass is 19.4. The molecule has 1 N–H and O–H groups in total.